The lowest BCUT2D eigenvalue weighted by Gasteiger charge is -2.27. The molecule has 0 N–H and O–H groups in total. The molecule has 10 heteroatoms. The van der Waals surface area contributed by atoms with Crippen molar-refractivity contribution in [2.75, 3.05) is 13.2 Å². The SMILES string of the molecule is N#Cc1cc2c(cc1F)ncn2C[C@H]1CCC[C@@]2(CO2)C1.N#Cc1cc2c(cc1F)ncn2C[C@H]1CCC[C@@]2(CO2)C1. The number of imidazole rings is 2. The van der Waals surface area contributed by atoms with Crippen LogP contribution in [0.5, 0.6) is 0 Å². The zero-order valence-electron chi connectivity index (χ0n) is 23.4. The summed E-state index contributed by atoms with van der Waals surface area (Å²) >= 11 is 0. The summed E-state index contributed by atoms with van der Waals surface area (Å²) in [4.78, 5) is 8.51. The fraction of sp³-hybridized carbons (Fsp3) is 0.500. The Bertz CT molecular complexity index is 1610. The summed E-state index contributed by atoms with van der Waals surface area (Å²) in [6.07, 6.45) is 12.8. The molecule has 2 saturated heterocycles. The summed E-state index contributed by atoms with van der Waals surface area (Å²) < 4.78 is 42.5. The van der Waals surface area contributed by atoms with Crippen molar-refractivity contribution in [3.8, 4) is 12.1 Å². The van der Waals surface area contributed by atoms with E-state index in [0.717, 1.165) is 50.2 Å². The van der Waals surface area contributed by atoms with Crippen molar-refractivity contribution in [1.82, 2.24) is 19.1 Å². The number of epoxide rings is 2. The molecule has 2 spiro atoms. The Balaban J connectivity index is 0.000000137. The second kappa shape index (κ2) is 10.4. The van der Waals surface area contributed by atoms with Crippen LogP contribution in [0.2, 0.25) is 0 Å². The van der Waals surface area contributed by atoms with Gasteiger partial charge in [-0.15, -0.1) is 0 Å². The van der Waals surface area contributed by atoms with Crippen LogP contribution in [0.4, 0.5) is 8.78 Å². The summed E-state index contributed by atoms with van der Waals surface area (Å²) in [5, 5.41) is 17.9. The molecule has 4 aromatic rings. The van der Waals surface area contributed by atoms with Crippen LogP contribution in [-0.4, -0.2) is 43.5 Å². The minimum atomic E-state index is -0.502. The molecule has 4 fully saturated rings. The van der Waals surface area contributed by atoms with Crippen LogP contribution in [0.25, 0.3) is 22.1 Å². The van der Waals surface area contributed by atoms with E-state index < -0.39 is 11.6 Å². The van der Waals surface area contributed by atoms with Crippen LogP contribution in [0.15, 0.2) is 36.9 Å². The monoisotopic (exact) mass is 570 g/mol. The number of aromatic nitrogens is 4. The van der Waals surface area contributed by atoms with Gasteiger partial charge in [0.05, 0.1) is 70.3 Å². The first-order valence-electron chi connectivity index (χ1n) is 14.8. The van der Waals surface area contributed by atoms with Gasteiger partial charge in [-0.3, -0.25) is 0 Å². The van der Waals surface area contributed by atoms with E-state index in [2.05, 4.69) is 9.97 Å². The van der Waals surface area contributed by atoms with Gasteiger partial charge in [0.15, 0.2) is 0 Å². The highest BCUT2D eigenvalue weighted by Gasteiger charge is 2.48. The van der Waals surface area contributed by atoms with Crippen LogP contribution in [-0.2, 0) is 22.6 Å². The first-order valence-corrected chi connectivity index (χ1v) is 14.8. The van der Waals surface area contributed by atoms with Crippen molar-refractivity contribution < 1.29 is 18.3 Å². The summed E-state index contributed by atoms with van der Waals surface area (Å²) in [6, 6.07) is 9.68. The second-order valence-electron chi connectivity index (χ2n) is 12.5. The first kappa shape index (κ1) is 27.0. The van der Waals surface area contributed by atoms with Gasteiger partial charge in [-0.2, -0.15) is 10.5 Å². The third-order valence-corrected chi connectivity index (χ3v) is 9.49. The van der Waals surface area contributed by atoms with Crippen LogP contribution in [0.1, 0.15) is 62.5 Å². The van der Waals surface area contributed by atoms with E-state index in [0.29, 0.717) is 22.9 Å². The van der Waals surface area contributed by atoms with Crippen molar-refractivity contribution in [1.29, 1.82) is 10.5 Å². The molecule has 8 rings (SSSR count). The highest BCUT2D eigenvalue weighted by molar-refractivity contribution is 5.78. The molecule has 2 saturated carbocycles. The van der Waals surface area contributed by atoms with E-state index in [1.165, 1.54) is 50.7 Å². The normalized spacial score (nSPS) is 27.9. The number of ether oxygens (including phenoxy) is 2. The van der Waals surface area contributed by atoms with Gasteiger partial charge in [-0.1, -0.05) is 12.8 Å². The number of fused-ring (bicyclic) bond motifs is 2. The largest absolute Gasteiger partial charge is 0.370 e. The van der Waals surface area contributed by atoms with Crippen LogP contribution in [0, 0.1) is 46.1 Å². The van der Waals surface area contributed by atoms with Gasteiger partial charge in [0, 0.05) is 25.2 Å². The highest BCUT2D eigenvalue weighted by atomic mass is 19.1. The summed E-state index contributed by atoms with van der Waals surface area (Å²) in [6.45, 7) is 3.52. The molecule has 2 aliphatic heterocycles. The van der Waals surface area contributed by atoms with Crippen LogP contribution < -0.4 is 0 Å². The molecule has 0 unspecified atom stereocenters. The lowest BCUT2D eigenvalue weighted by molar-refractivity contribution is 0.179. The topological polar surface area (TPSA) is 108 Å². The van der Waals surface area contributed by atoms with Gasteiger partial charge < -0.3 is 18.6 Å². The lowest BCUT2D eigenvalue weighted by Crippen LogP contribution is -2.25. The van der Waals surface area contributed by atoms with E-state index in [4.69, 9.17) is 20.0 Å². The fourth-order valence-electron chi connectivity index (χ4n) is 7.10. The van der Waals surface area contributed by atoms with Gasteiger partial charge in [-0.25, -0.2) is 18.7 Å². The molecule has 2 aromatic carbocycles. The Morgan fingerprint density at radius 1 is 0.762 bits per heavy atom. The van der Waals surface area contributed by atoms with E-state index in [-0.39, 0.29) is 22.3 Å². The van der Waals surface area contributed by atoms with Crippen molar-refractivity contribution in [3.05, 3.63) is 59.7 Å². The number of halogens is 2. The second-order valence-corrected chi connectivity index (χ2v) is 12.5. The van der Waals surface area contributed by atoms with Gasteiger partial charge in [0.2, 0.25) is 0 Å². The van der Waals surface area contributed by atoms with E-state index >= 15 is 0 Å². The molecule has 2 aromatic heterocycles. The molecule has 4 atom stereocenters. The molecule has 42 heavy (non-hydrogen) atoms. The Morgan fingerprint density at radius 3 is 1.57 bits per heavy atom. The zero-order chi connectivity index (χ0) is 28.9. The van der Waals surface area contributed by atoms with E-state index in [1.807, 2.05) is 21.3 Å². The molecule has 216 valence electrons. The van der Waals surface area contributed by atoms with E-state index in [9.17, 15) is 8.78 Å². The Kier molecular flexibility index (Phi) is 6.72. The third kappa shape index (κ3) is 5.26. The molecule has 8 nitrogen and oxygen atoms in total. The molecular weight excluding hydrogens is 538 g/mol. The summed E-state index contributed by atoms with van der Waals surface area (Å²) in [5.41, 5.74) is 3.37. The maximum absolute atomic E-state index is 13.6. The number of nitriles is 2. The standard InChI is InChI=1S/2C16H16FN3O/c2*17-13-5-14-15(4-12(13)7-18)20(10-19-14)8-11-2-1-3-16(6-11)9-21-16/h2*4-5,10-11H,1-3,6,8-9H2/t2*11-,16-/m00/s1. The van der Waals surface area contributed by atoms with Crippen LogP contribution >= 0.6 is 0 Å². The quantitative estimate of drug-likeness (QED) is 0.278. The molecule has 4 heterocycles. The summed E-state index contributed by atoms with van der Waals surface area (Å²) in [5.74, 6) is 0.125. The minimum absolute atomic E-state index is 0.0786. The number of rotatable bonds is 4. The van der Waals surface area contributed by atoms with E-state index in [1.54, 1.807) is 24.8 Å². The molecule has 2 aliphatic carbocycles. The van der Waals surface area contributed by atoms with Crippen molar-refractivity contribution in [2.45, 2.75) is 75.7 Å². The average Bonchev–Trinajstić information content (AvgIpc) is 3.84. The highest BCUT2D eigenvalue weighted by Crippen LogP contribution is 2.45. The molecular formula is C32H32F2N6O2. The fourth-order valence-corrected chi connectivity index (χ4v) is 7.10. The lowest BCUT2D eigenvalue weighted by atomic mass is 9.81. The van der Waals surface area contributed by atoms with Gasteiger partial charge in [-0.05, 0) is 62.5 Å². The number of benzene rings is 2. The Morgan fingerprint density at radius 2 is 1.19 bits per heavy atom. The number of hydrogen-bond donors (Lipinski definition) is 0. The van der Waals surface area contributed by atoms with Gasteiger partial charge in [0.1, 0.15) is 23.8 Å². The van der Waals surface area contributed by atoms with Crippen molar-refractivity contribution >= 4 is 22.1 Å². The molecule has 0 amide bonds. The predicted molar refractivity (Wildman–Crippen MR) is 150 cm³/mol. The van der Waals surface area contributed by atoms with Crippen LogP contribution in [0.3, 0.4) is 0 Å². The van der Waals surface area contributed by atoms with Gasteiger partial charge >= 0.3 is 0 Å². The van der Waals surface area contributed by atoms with Crippen molar-refractivity contribution in [3.63, 3.8) is 0 Å². The average molecular weight is 571 g/mol. The van der Waals surface area contributed by atoms with Gasteiger partial charge in [0.25, 0.3) is 0 Å². The zero-order valence-corrected chi connectivity index (χ0v) is 23.4. The predicted octanol–water partition coefficient (Wildman–Crippen LogP) is 6.01. The number of hydrogen-bond acceptors (Lipinski definition) is 6. The third-order valence-electron chi connectivity index (χ3n) is 9.49. The maximum Gasteiger partial charge on any atom is 0.143 e. The summed E-state index contributed by atoms with van der Waals surface area (Å²) in [7, 11) is 0. The van der Waals surface area contributed by atoms with Crippen molar-refractivity contribution in [2.24, 2.45) is 11.8 Å². The number of nitrogens with zero attached hydrogens (tertiary/aromatic N) is 6. The minimum Gasteiger partial charge on any atom is -0.370 e. The molecule has 4 aliphatic rings. The first-order chi connectivity index (χ1) is 20.4. The Hall–Kier alpha value is -3.86. The molecule has 0 radical (unpaired) electrons. The smallest absolute Gasteiger partial charge is 0.143 e. The Labute approximate surface area is 242 Å². The molecule has 0 bridgehead atoms. The maximum atomic E-state index is 13.6.